The van der Waals surface area contributed by atoms with E-state index in [9.17, 15) is 4.79 Å². The molecule has 0 bridgehead atoms. The standard InChI is InChI=1S/C18H24BrNO/c1-18(2,14-20-12-4-3-5-13-20)17(21)11-8-15-6-9-16(19)10-7-15/h6-11H,3-5,12-14H2,1-2H3/b11-8+. The molecule has 0 aromatic heterocycles. The van der Waals surface area contributed by atoms with Crippen molar-refractivity contribution in [3.8, 4) is 0 Å². The highest BCUT2D eigenvalue weighted by atomic mass is 79.9. The van der Waals surface area contributed by atoms with Crippen LogP contribution in [0.25, 0.3) is 6.08 Å². The summed E-state index contributed by atoms with van der Waals surface area (Å²) in [5.41, 5.74) is 0.740. The number of likely N-dealkylation sites (tertiary alicyclic amines) is 1. The number of nitrogens with zero attached hydrogens (tertiary/aromatic N) is 1. The van der Waals surface area contributed by atoms with Gasteiger partial charge in [0, 0.05) is 16.4 Å². The van der Waals surface area contributed by atoms with E-state index in [1.165, 1.54) is 19.3 Å². The van der Waals surface area contributed by atoms with E-state index in [-0.39, 0.29) is 11.2 Å². The van der Waals surface area contributed by atoms with Crippen LogP contribution in [0.3, 0.4) is 0 Å². The first-order valence-corrected chi connectivity index (χ1v) is 8.47. The molecule has 0 N–H and O–H groups in total. The van der Waals surface area contributed by atoms with Crippen LogP contribution in [0.2, 0.25) is 0 Å². The van der Waals surface area contributed by atoms with Crippen LogP contribution in [0.15, 0.2) is 34.8 Å². The molecule has 1 fully saturated rings. The molecular weight excluding hydrogens is 326 g/mol. The van der Waals surface area contributed by atoms with Gasteiger partial charge < -0.3 is 4.90 Å². The molecule has 1 heterocycles. The summed E-state index contributed by atoms with van der Waals surface area (Å²) < 4.78 is 1.05. The lowest BCUT2D eigenvalue weighted by atomic mass is 9.86. The minimum Gasteiger partial charge on any atom is -0.302 e. The van der Waals surface area contributed by atoms with Gasteiger partial charge in [0.15, 0.2) is 5.78 Å². The molecule has 0 unspecified atom stereocenters. The third-order valence-electron chi connectivity index (χ3n) is 4.03. The Bertz CT molecular complexity index is 498. The number of hydrogen-bond donors (Lipinski definition) is 0. The van der Waals surface area contributed by atoms with Crippen molar-refractivity contribution in [2.24, 2.45) is 5.41 Å². The molecular formula is C18H24BrNO. The molecule has 1 saturated heterocycles. The van der Waals surface area contributed by atoms with Crippen molar-refractivity contribution in [3.63, 3.8) is 0 Å². The zero-order chi connectivity index (χ0) is 15.3. The minimum atomic E-state index is -0.316. The number of allylic oxidation sites excluding steroid dienone is 1. The van der Waals surface area contributed by atoms with Gasteiger partial charge in [0.2, 0.25) is 0 Å². The monoisotopic (exact) mass is 349 g/mol. The lowest BCUT2D eigenvalue weighted by Crippen LogP contribution is -2.41. The Labute approximate surface area is 136 Å². The van der Waals surface area contributed by atoms with E-state index in [2.05, 4.69) is 34.7 Å². The number of piperidine rings is 1. The predicted octanol–water partition coefficient (Wildman–Crippen LogP) is 4.54. The lowest BCUT2D eigenvalue weighted by Gasteiger charge is -2.33. The van der Waals surface area contributed by atoms with Gasteiger partial charge in [-0.05, 0) is 49.7 Å². The molecule has 114 valence electrons. The highest BCUT2D eigenvalue weighted by Crippen LogP contribution is 2.22. The summed E-state index contributed by atoms with van der Waals surface area (Å²) in [4.78, 5) is 14.9. The van der Waals surface area contributed by atoms with E-state index in [4.69, 9.17) is 0 Å². The second-order valence-corrected chi connectivity index (χ2v) is 7.39. The Morgan fingerprint density at radius 1 is 1.19 bits per heavy atom. The van der Waals surface area contributed by atoms with E-state index in [0.29, 0.717) is 0 Å². The molecule has 0 atom stereocenters. The molecule has 0 amide bonds. The third kappa shape index (κ3) is 5.08. The first-order chi connectivity index (χ1) is 9.97. The van der Waals surface area contributed by atoms with Crippen LogP contribution in [-0.2, 0) is 4.79 Å². The van der Waals surface area contributed by atoms with Crippen molar-refractivity contribution in [3.05, 3.63) is 40.4 Å². The molecule has 1 aromatic rings. The van der Waals surface area contributed by atoms with Gasteiger partial charge in [-0.1, -0.05) is 54.4 Å². The van der Waals surface area contributed by atoms with Crippen LogP contribution in [0, 0.1) is 5.41 Å². The number of halogens is 1. The molecule has 3 heteroatoms. The highest BCUT2D eigenvalue weighted by molar-refractivity contribution is 9.10. The summed E-state index contributed by atoms with van der Waals surface area (Å²) in [7, 11) is 0. The molecule has 0 aliphatic carbocycles. The maximum absolute atomic E-state index is 12.5. The van der Waals surface area contributed by atoms with Crippen molar-refractivity contribution in [1.82, 2.24) is 4.90 Å². The number of ketones is 1. The fourth-order valence-electron chi connectivity index (χ4n) is 2.73. The van der Waals surface area contributed by atoms with E-state index in [0.717, 1.165) is 29.7 Å². The van der Waals surface area contributed by atoms with Gasteiger partial charge in [0.1, 0.15) is 0 Å². The van der Waals surface area contributed by atoms with Crippen LogP contribution < -0.4 is 0 Å². The molecule has 1 aromatic carbocycles. The second kappa shape index (κ2) is 7.37. The average Bonchev–Trinajstić information content (AvgIpc) is 2.47. The molecule has 0 spiro atoms. The molecule has 2 nitrogen and oxygen atoms in total. The van der Waals surface area contributed by atoms with Gasteiger partial charge in [-0.15, -0.1) is 0 Å². The molecule has 1 aliphatic heterocycles. The van der Waals surface area contributed by atoms with Crippen molar-refractivity contribution in [1.29, 1.82) is 0 Å². The van der Waals surface area contributed by atoms with E-state index in [1.54, 1.807) is 6.08 Å². The lowest BCUT2D eigenvalue weighted by molar-refractivity contribution is -0.123. The summed E-state index contributed by atoms with van der Waals surface area (Å²) in [6.07, 6.45) is 7.49. The molecule has 0 saturated carbocycles. The normalized spacial score (nSPS) is 17.3. The third-order valence-corrected chi connectivity index (χ3v) is 4.56. The smallest absolute Gasteiger partial charge is 0.162 e. The van der Waals surface area contributed by atoms with E-state index in [1.807, 2.05) is 30.3 Å². The number of carbonyl (C=O) groups is 1. The van der Waals surface area contributed by atoms with Crippen LogP contribution in [-0.4, -0.2) is 30.3 Å². The van der Waals surface area contributed by atoms with Gasteiger partial charge in [0.25, 0.3) is 0 Å². The van der Waals surface area contributed by atoms with Crippen molar-refractivity contribution >= 4 is 27.8 Å². The molecule has 0 radical (unpaired) electrons. The van der Waals surface area contributed by atoms with Crippen LogP contribution in [0.1, 0.15) is 38.7 Å². The highest BCUT2D eigenvalue weighted by Gasteiger charge is 2.28. The Morgan fingerprint density at radius 2 is 1.81 bits per heavy atom. The number of carbonyl (C=O) groups excluding carboxylic acids is 1. The molecule has 21 heavy (non-hydrogen) atoms. The zero-order valence-corrected chi connectivity index (χ0v) is 14.5. The second-order valence-electron chi connectivity index (χ2n) is 6.47. The summed E-state index contributed by atoms with van der Waals surface area (Å²) in [6, 6.07) is 7.99. The van der Waals surface area contributed by atoms with Gasteiger partial charge in [-0.25, -0.2) is 0 Å². The predicted molar refractivity (Wildman–Crippen MR) is 92.3 cm³/mol. The Kier molecular flexibility index (Phi) is 5.77. The maximum Gasteiger partial charge on any atom is 0.162 e. The maximum atomic E-state index is 12.5. The SMILES string of the molecule is CC(C)(CN1CCCCC1)C(=O)/C=C/c1ccc(Br)cc1. The quantitative estimate of drug-likeness (QED) is 0.727. The minimum absolute atomic E-state index is 0.205. The van der Waals surface area contributed by atoms with E-state index < -0.39 is 0 Å². The molecule has 2 rings (SSSR count). The first-order valence-electron chi connectivity index (χ1n) is 7.68. The number of rotatable bonds is 5. The first kappa shape index (κ1) is 16.4. The molecule has 1 aliphatic rings. The summed E-state index contributed by atoms with van der Waals surface area (Å²) >= 11 is 3.42. The fraction of sp³-hybridized carbons (Fsp3) is 0.500. The van der Waals surface area contributed by atoms with Crippen LogP contribution >= 0.6 is 15.9 Å². The van der Waals surface area contributed by atoms with Gasteiger partial charge in [-0.2, -0.15) is 0 Å². The van der Waals surface area contributed by atoms with Gasteiger partial charge in [0.05, 0.1) is 0 Å². The number of benzene rings is 1. The van der Waals surface area contributed by atoms with Crippen LogP contribution in [0.4, 0.5) is 0 Å². The summed E-state index contributed by atoms with van der Waals surface area (Å²) in [5.74, 6) is 0.205. The number of hydrogen-bond acceptors (Lipinski definition) is 2. The van der Waals surface area contributed by atoms with Crippen molar-refractivity contribution in [2.45, 2.75) is 33.1 Å². The van der Waals surface area contributed by atoms with Crippen molar-refractivity contribution in [2.75, 3.05) is 19.6 Å². The van der Waals surface area contributed by atoms with Gasteiger partial charge in [-0.3, -0.25) is 4.79 Å². The topological polar surface area (TPSA) is 20.3 Å². The van der Waals surface area contributed by atoms with Gasteiger partial charge >= 0.3 is 0 Å². The van der Waals surface area contributed by atoms with Crippen molar-refractivity contribution < 1.29 is 4.79 Å². The Balaban J connectivity index is 1.95. The Hall–Kier alpha value is -0.930. The summed E-state index contributed by atoms with van der Waals surface area (Å²) in [5, 5.41) is 0. The fourth-order valence-corrected chi connectivity index (χ4v) is 2.99. The zero-order valence-electron chi connectivity index (χ0n) is 12.9. The Morgan fingerprint density at radius 3 is 2.43 bits per heavy atom. The summed E-state index contributed by atoms with van der Waals surface area (Å²) in [6.45, 7) is 7.22. The van der Waals surface area contributed by atoms with Crippen LogP contribution in [0.5, 0.6) is 0 Å². The largest absolute Gasteiger partial charge is 0.302 e. The average molecular weight is 350 g/mol. The van der Waals surface area contributed by atoms with E-state index >= 15 is 0 Å².